The first-order valence-electron chi connectivity index (χ1n) is 8.27. The van der Waals surface area contributed by atoms with Crippen LogP contribution in [0.3, 0.4) is 0 Å². The van der Waals surface area contributed by atoms with E-state index >= 15 is 0 Å². The number of hydrogen-bond acceptors (Lipinski definition) is 3. The molecule has 1 atom stereocenters. The predicted molar refractivity (Wildman–Crippen MR) is 99.8 cm³/mol. The van der Waals surface area contributed by atoms with Gasteiger partial charge in [0.25, 0.3) is 10.2 Å². The predicted octanol–water partition coefficient (Wildman–Crippen LogP) is 3.27. The summed E-state index contributed by atoms with van der Waals surface area (Å²) in [5.41, 5.74) is 2.86. The summed E-state index contributed by atoms with van der Waals surface area (Å²) in [5.74, 6) is 0. The molecule has 1 saturated heterocycles. The minimum Gasteiger partial charge on any atom is -0.256 e. The second kappa shape index (κ2) is 7.41. The molecule has 0 saturated carbocycles. The first-order valence-corrected chi connectivity index (χ1v) is 10.0. The molecule has 1 aliphatic heterocycles. The maximum absolute atomic E-state index is 12.5. The molecule has 0 bridgehead atoms. The van der Waals surface area contributed by atoms with Gasteiger partial charge >= 0.3 is 0 Å². The number of rotatable bonds is 5. The molecule has 2 aromatic rings. The van der Waals surface area contributed by atoms with Gasteiger partial charge in [0.2, 0.25) is 0 Å². The Morgan fingerprint density at radius 3 is 2.60 bits per heavy atom. The average Bonchev–Trinajstić information content (AvgIpc) is 3.07. The van der Waals surface area contributed by atoms with Gasteiger partial charge in [-0.3, -0.25) is 4.98 Å². The molecule has 0 N–H and O–H groups in total. The van der Waals surface area contributed by atoms with E-state index in [0.29, 0.717) is 18.0 Å². The summed E-state index contributed by atoms with van der Waals surface area (Å²) in [4.78, 5) is 4.74. The van der Waals surface area contributed by atoms with Crippen molar-refractivity contribution in [1.29, 1.82) is 0 Å². The summed E-state index contributed by atoms with van der Waals surface area (Å²) in [5, 5.41) is 0.709. The first-order chi connectivity index (χ1) is 11.9. The molecule has 2 heterocycles. The van der Waals surface area contributed by atoms with Crippen LogP contribution in [0.1, 0.15) is 35.8 Å². The van der Waals surface area contributed by atoms with Crippen LogP contribution in [0.15, 0.2) is 42.5 Å². The number of halogens is 1. The van der Waals surface area contributed by atoms with E-state index in [1.54, 1.807) is 18.4 Å². The third-order valence-corrected chi connectivity index (χ3v) is 6.63. The molecule has 5 nitrogen and oxygen atoms in total. The Bertz CT molecular complexity index is 838. The fourth-order valence-electron chi connectivity index (χ4n) is 3.12. The first kappa shape index (κ1) is 18.3. The van der Waals surface area contributed by atoms with Crippen molar-refractivity contribution in [3.8, 4) is 0 Å². The van der Waals surface area contributed by atoms with Crippen molar-refractivity contribution < 1.29 is 8.42 Å². The van der Waals surface area contributed by atoms with Crippen LogP contribution in [0.2, 0.25) is 5.02 Å². The lowest BCUT2D eigenvalue weighted by Crippen LogP contribution is -2.39. The Morgan fingerprint density at radius 2 is 1.92 bits per heavy atom. The summed E-state index contributed by atoms with van der Waals surface area (Å²) in [6.45, 7) is 0.536. The van der Waals surface area contributed by atoms with E-state index in [2.05, 4.69) is 0 Å². The number of aromatic nitrogens is 1. The van der Waals surface area contributed by atoms with Crippen LogP contribution in [0, 0.1) is 0 Å². The van der Waals surface area contributed by atoms with E-state index in [1.165, 1.54) is 4.31 Å². The van der Waals surface area contributed by atoms with Crippen LogP contribution in [-0.2, 0) is 16.6 Å². The van der Waals surface area contributed by atoms with Gasteiger partial charge < -0.3 is 0 Å². The van der Waals surface area contributed by atoms with Gasteiger partial charge in [0.1, 0.15) is 0 Å². The Hall–Kier alpha value is -1.47. The van der Waals surface area contributed by atoms with E-state index < -0.39 is 10.2 Å². The molecule has 1 aromatic heterocycles. The zero-order chi connectivity index (χ0) is 18.0. The summed E-state index contributed by atoms with van der Waals surface area (Å²) >= 11 is 5.93. The Morgan fingerprint density at radius 1 is 1.20 bits per heavy atom. The standard InChI is InChI=1S/C18H22ClN3O2S/c1-21(2)25(23,24)22-12-4-7-18(22)17-6-3-5-16(20-17)13-14-8-10-15(19)11-9-14/h3,5-6,8-11,18H,4,7,12-13H2,1-2H3. The van der Waals surface area contributed by atoms with Gasteiger partial charge in [0.15, 0.2) is 0 Å². The van der Waals surface area contributed by atoms with E-state index in [4.69, 9.17) is 16.6 Å². The normalized spacial score (nSPS) is 18.8. The maximum Gasteiger partial charge on any atom is 0.282 e. The van der Waals surface area contributed by atoms with Gasteiger partial charge in [-0.1, -0.05) is 29.8 Å². The monoisotopic (exact) mass is 379 g/mol. The molecule has 1 fully saturated rings. The van der Waals surface area contributed by atoms with Gasteiger partial charge in [0, 0.05) is 37.8 Å². The van der Waals surface area contributed by atoms with E-state index in [1.807, 2.05) is 42.5 Å². The van der Waals surface area contributed by atoms with Crippen LogP contribution in [-0.4, -0.2) is 42.7 Å². The molecule has 7 heteroatoms. The molecule has 0 amide bonds. The summed E-state index contributed by atoms with van der Waals surface area (Å²) in [7, 11) is -0.309. The molecule has 3 rings (SSSR count). The highest BCUT2D eigenvalue weighted by Gasteiger charge is 2.37. The molecule has 134 valence electrons. The highest BCUT2D eigenvalue weighted by atomic mass is 35.5. The van der Waals surface area contributed by atoms with Crippen molar-refractivity contribution in [2.45, 2.75) is 25.3 Å². The third-order valence-electron chi connectivity index (χ3n) is 4.43. The van der Waals surface area contributed by atoms with Gasteiger partial charge in [-0.15, -0.1) is 0 Å². The second-order valence-electron chi connectivity index (χ2n) is 6.42. The lowest BCUT2D eigenvalue weighted by molar-refractivity contribution is 0.357. The largest absolute Gasteiger partial charge is 0.282 e. The lowest BCUT2D eigenvalue weighted by atomic mass is 10.1. The molecule has 1 aliphatic rings. The number of nitrogens with zero attached hydrogens (tertiary/aromatic N) is 3. The minimum absolute atomic E-state index is 0.197. The lowest BCUT2D eigenvalue weighted by Gasteiger charge is -2.26. The fraction of sp³-hybridized carbons (Fsp3) is 0.389. The van der Waals surface area contributed by atoms with Gasteiger partial charge in [-0.05, 0) is 42.7 Å². The summed E-state index contributed by atoms with van der Waals surface area (Å²) < 4.78 is 27.9. The van der Waals surface area contributed by atoms with E-state index in [-0.39, 0.29) is 6.04 Å². The topological polar surface area (TPSA) is 53.5 Å². The third kappa shape index (κ3) is 4.03. The molecule has 0 radical (unpaired) electrons. The SMILES string of the molecule is CN(C)S(=O)(=O)N1CCCC1c1cccc(Cc2ccc(Cl)cc2)n1. The Labute approximate surface area is 154 Å². The maximum atomic E-state index is 12.5. The van der Waals surface area contributed by atoms with Crippen molar-refractivity contribution in [3.05, 3.63) is 64.4 Å². The van der Waals surface area contributed by atoms with Gasteiger partial charge in [-0.2, -0.15) is 17.0 Å². The summed E-state index contributed by atoms with van der Waals surface area (Å²) in [6.07, 6.45) is 2.34. The average molecular weight is 380 g/mol. The minimum atomic E-state index is -3.44. The fourth-order valence-corrected chi connectivity index (χ4v) is 4.56. The highest BCUT2D eigenvalue weighted by Crippen LogP contribution is 2.34. The molecular weight excluding hydrogens is 358 g/mol. The van der Waals surface area contributed by atoms with Crippen LogP contribution >= 0.6 is 11.6 Å². The molecular formula is C18H22ClN3O2S. The van der Waals surface area contributed by atoms with Crippen molar-refractivity contribution >= 4 is 21.8 Å². The smallest absolute Gasteiger partial charge is 0.256 e. The summed E-state index contributed by atoms with van der Waals surface area (Å²) in [6, 6.07) is 13.3. The van der Waals surface area contributed by atoms with Crippen LogP contribution in [0.4, 0.5) is 0 Å². The molecule has 25 heavy (non-hydrogen) atoms. The number of benzene rings is 1. The number of pyridine rings is 1. The zero-order valence-corrected chi connectivity index (χ0v) is 16.0. The van der Waals surface area contributed by atoms with Crippen molar-refractivity contribution in [2.75, 3.05) is 20.6 Å². The van der Waals surface area contributed by atoms with Crippen molar-refractivity contribution in [1.82, 2.24) is 13.6 Å². The van der Waals surface area contributed by atoms with Crippen LogP contribution < -0.4 is 0 Å². The zero-order valence-electron chi connectivity index (χ0n) is 14.4. The molecule has 1 aromatic carbocycles. The van der Waals surface area contributed by atoms with Crippen LogP contribution in [0.5, 0.6) is 0 Å². The van der Waals surface area contributed by atoms with Gasteiger partial charge in [-0.25, -0.2) is 0 Å². The number of hydrogen-bond donors (Lipinski definition) is 0. The van der Waals surface area contributed by atoms with Crippen molar-refractivity contribution in [3.63, 3.8) is 0 Å². The van der Waals surface area contributed by atoms with E-state index in [9.17, 15) is 8.42 Å². The highest BCUT2D eigenvalue weighted by molar-refractivity contribution is 7.86. The second-order valence-corrected chi connectivity index (χ2v) is 8.95. The Balaban J connectivity index is 1.84. The molecule has 0 aliphatic carbocycles. The van der Waals surface area contributed by atoms with Gasteiger partial charge in [0.05, 0.1) is 11.7 Å². The van der Waals surface area contributed by atoms with E-state index in [0.717, 1.165) is 29.8 Å². The quantitative estimate of drug-likeness (QED) is 0.801. The molecule has 1 unspecified atom stereocenters. The van der Waals surface area contributed by atoms with Crippen molar-refractivity contribution in [2.24, 2.45) is 0 Å². The molecule has 0 spiro atoms. The Kier molecular flexibility index (Phi) is 5.43. The van der Waals surface area contributed by atoms with Crippen LogP contribution in [0.25, 0.3) is 0 Å².